The molecule has 3 aromatic rings. The fraction of sp³-hybridized carbons (Fsp3) is 0.316. The molecule has 2 aromatic heterocycles. The molecule has 1 saturated heterocycles. The van der Waals surface area contributed by atoms with Crippen molar-refractivity contribution >= 4 is 5.91 Å². The summed E-state index contributed by atoms with van der Waals surface area (Å²) in [5, 5.41) is 3.95. The van der Waals surface area contributed by atoms with Crippen LogP contribution in [0.1, 0.15) is 23.8 Å². The van der Waals surface area contributed by atoms with E-state index < -0.39 is 0 Å². The predicted molar refractivity (Wildman–Crippen MR) is 96.0 cm³/mol. The van der Waals surface area contributed by atoms with Gasteiger partial charge in [0.25, 0.3) is 0 Å². The number of nitrogens with zero attached hydrogens (tertiary/aromatic N) is 5. The van der Waals surface area contributed by atoms with Crippen molar-refractivity contribution in [1.82, 2.24) is 25.0 Å². The Bertz CT molecular complexity index is 905. The van der Waals surface area contributed by atoms with Gasteiger partial charge < -0.3 is 14.2 Å². The first-order chi connectivity index (χ1) is 13.2. The van der Waals surface area contributed by atoms with Crippen LogP contribution in [0, 0.1) is 0 Å². The third kappa shape index (κ3) is 3.79. The normalized spacial score (nSPS) is 14.0. The highest BCUT2D eigenvalue weighted by atomic mass is 16.5. The van der Waals surface area contributed by atoms with Gasteiger partial charge in [-0.05, 0) is 24.1 Å². The van der Waals surface area contributed by atoms with Crippen LogP contribution in [0.2, 0.25) is 0 Å². The molecule has 3 heterocycles. The van der Waals surface area contributed by atoms with Crippen molar-refractivity contribution < 1.29 is 14.1 Å². The van der Waals surface area contributed by atoms with Gasteiger partial charge in [0.15, 0.2) is 0 Å². The molecule has 8 heteroatoms. The molecule has 138 valence electrons. The lowest BCUT2D eigenvalue weighted by atomic mass is 9.99. The second kappa shape index (κ2) is 7.53. The molecule has 0 radical (unpaired) electrons. The van der Waals surface area contributed by atoms with E-state index >= 15 is 0 Å². The monoisotopic (exact) mass is 365 g/mol. The Kier molecular flexibility index (Phi) is 4.78. The molecule has 0 unspecified atom stereocenters. The number of hydrogen-bond acceptors (Lipinski definition) is 7. The number of hydrogen-bond donors (Lipinski definition) is 0. The summed E-state index contributed by atoms with van der Waals surface area (Å²) in [7, 11) is 1.64. The molecule has 1 aliphatic rings. The van der Waals surface area contributed by atoms with Gasteiger partial charge in [0.1, 0.15) is 11.4 Å². The van der Waals surface area contributed by atoms with E-state index in [0.717, 1.165) is 11.3 Å². The van der Waals surface area contributed by atoms with Crippen LogP contribution in [0.4, 0.5) is 0 Å². The van der Waals surface area contributed by atoms with Gasteiger partial charge >= 0.3 is 0 Å². The van der Waals surface area contributed by atoms with Crippen LogP contribution in [0.5, 0.6) is 5.75 Å². The molecule has 1 fully saturated rings. The molecular weight excluding hydrogens is 346 g/mol. The molecule has 0 bridgehead atoms. The van der Waals surface area contributed by atoms with E-state index in [4.69, 9.17) is 9.26 Å². The minimum absolute atomic E-state index is 0.0767. The molecular formula is C19H19N5O3. The Morgan fingerprint density at radius 1 is 1.26 bits per heavy atom. The van der Waals surface area contributed by atoms with Crippen LogP contribution >= 0.6 is 0 Å². The highest BCUT2D eigenvalue weighted by molar-refractivity contribution is 5.77. The van der Waals surface area contributed by atoms with Crippen molar-refractivity contribution in [3.05, 3.63) is 54.3 Å². The predicted octanol–water partition coefficient (Wildman–Crippen LogP) is 2.09. The Labute approximate surface area is 156 Å². The van der Waals surface area contributed by atoms with Crippen molar-refractivity contribution in [2.24, 2.45) is 0 Å². The minimum atomic E-state index is 0.0767. The smallest absolute Gasteiger partial charge is 0.233 e. The van der Waals surface area contributed by atoms with Gasteiger partial charge in [0.2, 0.25) is 17.6 Å². The largest absolute Gasteiger partial charge is 0.497 e. The number of aromatic nitrogens is 4. The third-order valence-electron chi connectivity index (χ3n) is 4.60. The van der Waals surface area contributed by atoms with Gasteiger partial charge in [0, 0.05) is 31.9 Å². The zero-order valence-corrected chi connectivity index (χ0v) is 14.9. The summed E-state index contributed by atoms with van der Waals surface area (Å²) in [5.41, 5.74) is 1.69. The summed E-state index contributed by atoms with van der Waals surface area (Å²) in [6.07, 6.45) is 5.95. The minimum Gasteiger partial charge on any atom is -0.497 e. The van der Waals surface area contributed by atoms with E-state index in [1.54, 1.807) is 25.7 Å². The fourth-order valence-corrected chi connectivity index (χ4v) is 2.96. The number of aryl methyl sites for hydroxylation is 1. The molecule has 1 amide bonds. The van der Waals surface area contributed by atoms with Gasteiger partial charge in [-0.1, -0.05) is 17.3 Å². The molecule has 27 heavy (non-hydrogen) atoms. The van der Waals surface area contributed by atoms with Gasteiger partial charge in [-0.3, -0.25) is 9.78 Å². The maximum Gasteiger partial charge on any atom is 0.233 e. The fourth-order valence-electron chi connectivity index (χ4n) is 2.96. The standard InChI is InChI=1S/C19H19N5O3/c1-26-15-5-2-13(3-6-15)4-7-17(25)24-11-14(12-24)19-22-18(23-27-19)16-10-20-8-9-21-16/h2-3,5-6,8-10,14H,4,7,11-12H2,1H3. The maximum atomic E-state index is 12.3. The summed E-state index contributed by atoms with van der Waals surface area (Å²) in [6.45, 7) is 1.20. The van der Waals surface area contributed by atoms with Crippen LogP contribution in [0.3, 0.4) is 0 Å². The average molecular weight is 365 g/mol. The molecule has 4 rings (SSSR count). The number of carbonyl (C=O) groups excluding carboxylic acids is 1. The van der Waals surface area contributed by atoms with Crippen molar-refractivity contribution in [1.29, 1.82) is 0 Å². The first-order valence-electron chi connectivity index (χ1n) is 8.73. The zero-order valence-electron chi connectivity index (χ0n) is 14.9. The van der Waals surface area contributed by atoms with Crippen LogP contribution in [0.15, 0.2) is 47.4 Å². The molecule has 8 nitrogen and oxygen atoms in total. The van der Waals surface area contributed by atoms with E-state index in [1.807, 2.05) is 29.2 Å². The van der Waals surface area contributed by atoms with Crippen molar-refractivity contribution in [2.45, 2.75) is 18.8 Å². The molecule has 0 spiro atoms. The summed E-state index contributed by atoms with van der Waals surface area (Å²) < 4.78 is 10.5. The van der Waals surface area contributed by atoms with Gasteiger partial charge in [-0.15, -0.1) is 0 Å². The summed E-state index contributed by atoms with van der Waals surface area (Å²) in [6, 6.07) is 7.78. The van der Waals surface area contributed by atoms with Crippen LogP contribution in [0.25, 0.3) is 11.5 Å². The highest BCUT2D eigenvalue weighted by Gasteiger charge is 2.35. The summed E-state index contributed by atoms with van der Waals surface area (Å²) in [4.78, 5) is 26.7. The van der Waals surface area contributed by atoms with Crippen molar-refractivity contribution in [3.63, 3.8) is 0 Å². The topological polar surface area (TPSA) is 94.2 Å². The zero-order chi connectivity index (χ0) is 18.6. The molecule has 0 atom stereocenters. The van der Waals surface area contributed by atoms with E-state index in [2.05, 4.69) is 20.1 Å². The molecule has 0 N–H and O–H groups in total. The third-order valence-corrected chi connectivity index (χ3v) is 4.60. The van der Waals surface area contributed by atoms with Crippen molar-refractivity contribution in [2.75, 3.05) is 20.2 Å². The number of ether oxygens (including phenoxy) is 1. The quantitative estimate of drug-likeness (QED) is 0.660. The summed E-state index contributed by atoms with van der Waals surface area (Å²) >= 11 is 0. The van der Waals surface area contributed by atoms with Crippen LogP contribution in [-0.2, 0) is 11.2 Å². The number of benzene rings is 1. The van der Waals surface area contributed by atoms with Gasteiger partial charge in [-0.2, -0.15) is 4.98 Å². The Morgan fingerprint density at radius 3 is 2.78 bits per heavy atom. The SMILES string of the molecule is COc1ccc(CCC(=O)N2CC(c3nc(-c4cnccn4)no3)C2)cc1. The lowest BCUT2D eigenvalue weighted by Gasteiger charge is -2.37. The Balaban J connectivity index is 1.27. The van der Waals surface area contributed by atoms with E-state index in [0.29, 0.717) is 43.3 Å². The number of amides is 1. The second-order valence-corrected chi connectivity index (χ2v) is 6.39. The molecule has 1 aromatic carbocycles. The molecule has 0 aliphatic carbocycles. The Hall–Kier alpha value is -3.29. The number of carbonyl (C=O) groups is 1. The number of rotatable bonds is 6. The lowest BCUT2D eigenvalue weighted by molar-refractivity contribution is -0.135. The first-order valence-corrected chi connectivity index (χ1v) is 8.73. The van der Waals surface area contributed by atoms with E-state index in [9.17, 15) is 4.79 Å². The summed E-state index contributed by atoms with van der Waals surface area (Å²) in [5.74, 6) is 1.98. The average Bonchev–Trinajstić information content (AvgIpc) is 3.16. The van der Waals surface area contributed by atoms with Crippen LogP contribution < -0.4 is 4.74 Å². The first kappa shape index (κ1) is 17.1. The molecule has 0 saturated carbocycles. The van der Waals surface area contributed by atoms with Crippen LogP contribution in [-0.4, -0.2) is 51.1 Å². The van der Waals surface area contributed by atoms with Gasteiger partial charge in [0.05, 0.1) is 19.2 Å². The number of methoxy groups -OCH3 is 1. The Morgan fingerprint density at radius 2 is 2.07 bits per heavy atom. The molecule has 1 aliphatic heterocycles. The van der Waals surface area contributed by atoms with E-state index in [-0.39, 0.29) is 11.8 Å². The highest BCUT2D eigenvalue weighted by Crippen LogP contribution is 2.27. The van der Waals surface area contributed by atoms with Crippen molar-refractivity contribution in [3.8, 4) is 17.3 Å². The second-order valence-electron chi connectivity index (χ2n) is 6.39. The van der Waals surface area contributed by atoms with E-state index in [1.165, 1.54) is 0 Å². The lowest BCUT2D eigenvalue weighted by Crippen LogP contribution is -2.48. The maximum absolute atomic E-state index is 12.3. The number of likely N-dealkylation sites (tertiary alicyclic amines) is 1. The van der Waals surface area contributed by atoms with Gasteiger partial charge in [-0.25, -0.2) is 4.98 Å².